The van der Waals surface area contributed by atoms with E-state index in [1.165, 1.54) is 63.0 Å². The topological polar surface area (TPSA) is 215 Å². The molecule has 0 atom stereocenters. The van der Waals surface area contributed by atoms with Gasteiger partial charge in [-0.05, 0) is 188 Å². The van der Waals surface area contributed by atoms with Crippen molar-refractivity contribution in [1.29, 1.82) is 0 Å². The van der Waals surface area contributed by atoms with Gasteiger partial charge in [-0.1, -0.05) is 58.5 Å². The van der Waals surface area contributed by atoms with Crippen molar-refractivity contribution in [2.45, 2.75) is 121 Å². The van der Waals surface area contributed by atoms with E-state index in [9.17, 15) is 53.2 Å². The fourth-order valence-electron chi connectivity index (χ4n) is 15.0. The standard InChI is InChI=1S/C16H17F3N2O.C15H16ClFN2O.C15H17ClN2O.C14H16ClFN2O2S.C14H17ClN2O2S/c1-10(22)21-6-4-11(5-7-21)14-9-20-15-3-2-12(8-13(14)15)16(17,18)19;1-9(20)19-4-2-10(3-5-19)12-8-18-15-7-13(16)14(17)6-11(12)15;1-10(19)18-6-4-11(5-7-18)14-9-17-15-8-12(16)2-3-13(14)15;1-21(19,20)18-4-2-9(3-5-18)11-8-17-14-7-12(15)13(16)6-10(11)14;1-20(18,19)17-6-4-10(5-7-17)13-9-16-14-8-11(15)2-3-12(13)14/h2-3,8-9,11,20H,4-7H2,1H3;6-8,10,18H,2-5H2,1H3;2-3,8-9,11,17H,4-7H2,1H3;6-9,17H,2-5H2,1H3;2-3,8-10,16H,4-7H2,1H3. The van der Waals surface area contributed by atoms with Gasteiger partial charge in [0.2, 0.25) is 37.8 Å². The minimum atomic E-state index is -4.33. The SMILES string of the molecule is CC(=O)N1CCC(c2c[nH]c3cc(Cl)c(F)cc23)CC1.CC(=O)N1CCC(c2c[nH]c3cc(Cl)ccc23)CC1.CC(=O)N1CCC(c2c[nH]c3ccc(C(F)(F)F)cc23)CC1.CS(=O)(=O)N1CCC(c2c[nH]c3cc(Cl)c(F)cc23)CC1.CS(=O)(=O)N1CCC(c2c[nH]c3cc(Cl)ccc23)CC1. The summed E-state index contributed by atoms with van der Waals surface area (Å²) in [5.41, 5.74) is 9.60. The van der Waals surface area contributed by atoms with Gasteiger partial charge in [-0.25, -0.2) is 34.2 Å². The summed E-state index contributed by atoms with van der Waals surface area (Å²) in [5.74, 6) is 1.26. The van der Waals surface area contributed by atoms with Crippen molar-refractivity contribution < 1.29 is 53.2 Å². The number of aromatic nitrogens is 5. The average Bonchev–Trinajstić information content (AvgIpc) is 1.68. The number of H-pyrrole nitrogens is 5. The maximum Gasteiger partial charge on any atom is 0.416 e. The Balaban J connectivity index is 0.000000128. The van der Waals surface area contributed by atoms with Crippen LogP contribution in [0.3, 0.4) is 0 Å². The number of fused-ring (bicyclic) bond motifs is 5. The molecule has 0 spiro atoms. The van der Waals surface area contributed by atoms with Crippen LogP contribution in [0.25, 0.3) is 54.5 Å². The molecule has 5 N–H and O–H groups in total. The number of nitrogens with zero attached hydrogens (tertiary/aromatic N) is 5. The molecule has 5 aliphatic rings. The Bertz CT molecular complexity index is 4900. The van der Waals surface area contributed by atoms with Crippen molar-refractivity contribution in [3.8, 4) is 0 Å². The predicted molar refractivity (Wildman–Crippen MR) is 396 cm³/mol. The molecule has 5 saturated heterocycles. The zero-order valence-electron chi connectivity index (χ0n) is 57.2. The van der Waals surface area contributed by atoms with Crippen LogP contribution in [0.5, 0.6) is 0 Å². The fourth-order valence-corrected chi connectivity index (χ4v) is 17.5. The number of hydrogen-bond acceptors (Lipinski definition) is 7. The summed E-state index contributed by atoms with van der Waals surface area (Å²) in [5, 5.41) is 6.52. The Morgan fingerprint density at radius 3 is 0.951 bits per heavy atom. The number of piperidine rings is 5. The van der Waals surface area contributed by atoms with Gasteiger partial charge in [0.1, 0.15) is 11.6 Å². The van der Waals surface area contributed by atoms with Gasteiger partial charge in [0.15, 0.2) is 0 Å². The number of hydrogen-bond donors (Lipinski definition) is 5. The predicted octanol–water partition coefficient (Wildman–Crippen LogP) is 17.2. The van der Waals surface area contributed by atoms with Crippen LogP contribution in [0.15, 0.2) is 110 Å². The van der Waals surface area contributed by atoms with Crippen molar-refractivity contribution in [1.82, 2.24) is 48.2 Å². The summed E-state index contributed by atoms with van der Waals surface area (Å²) in [6.07, 6.45) is 16.6. The van der Waals surface area contributed by atoms with Crippen molar-refractivity contribution in [3.05, 3.63) is 175 Å². The molecule has 0 radical (unpaired) electrons. The fraction of sp³-hybridized carbons (Fsp3) is 0.419. The molecule has 5 aromatic heterocycles. The lowest BCUT2D eigenvalue weighted by atomic mass is 9.89. The number of nitrogens with one attached hydrogen (secondary N) is 5. The van der Waals surface area contributed by atoms with Crippen LogP contribution in [0, 0.1) is 11.6 Å². The highest BCUT2D eigenvalue weighted by molar-refractivity contribution is 7.88. The van der Waals surface area contributed by atoms with E-state index >= 15 is 0 Å². The van der Waals surface area contributed by atoms with Crippen LogP contribution in [0.2, 0.25) is 20.1 Å². The molecule has 546 valence electrons. The van der Waals surface area contributed by atoms with E-state index in [4.69, 9.17) is 46.4 Å². The lowest BCUT2D eigenvalue weighted by molar-refractivity contribution is -0.137. The third-order valence-corrected chi connectivity index (χ3v) is 24.4. The molecule has 0 unspecified atom stereocenters. The van der Waals surface area contributed by atoms with E-state index in [-0.39, 0.29) is 45.4 Å². The van der Waals surface area contributed by atoms with Crippen molar-refractivity contribution in [2.75, 3.05) is 78.0 Å². The zero-order chi connectivity index (χ0) is 73.1. The van der Waals surface area contributed by atoms with E-state index in [1.54, 1.807) is 48.3 Å². The third-order valence-electron chi connectivity index (χ3n) is 20.8. The number of halogens is 9. The number of rotatable bonds is 7. The van der Waals surface area contributed by atoms with Crippen molar-refractivity contribution >= 4 is 139 Å². The van der Waals surface area contributed by atoms with Crippen LogP contribution in [-0.2, 0) is 40.6 Å². The largest absolute Gasteiger partial charge is 0.416 e. The summed E-state index contributed by atoms with van der Waals surface area (Å²) in [4.78, 5) is 55.5. The Morgan fingerprint density at radius 2 is 0.657 bits per heavy atom. The van der Waals surface area contributed by atoms with Crippen molar-refractivity contribution in [3.63, 3.8) is 0 Å². The molecule has 0 bridgehead atoms. The summed E-state index contributed by atoms with van der Waals surface area (Å²) < 4.78 is 115. The Morgan fingerprint density at radius 1 is 0.382 bits per heavy atom. The quantitative estimate of drug-likeness (QED) is 0.0972. The monoisotopic (exact) mass is 1520 g/mol. The number of aromatic amines is 5. The third kappa shape index (κ3) is 18.0. The molecule has 3 amide bonds. The van der Waals surface area contributed by atoms with Gasteiger partial charge >= 0.3 is 6.18 Å². The lowest BCUT2D eigenvalue weighted by Gasteiger charge is -2.31. The second-order valence-corrected chi connectivity index (χ2v) is 32.8. The molecule has 15 rings (SSSR count). The molecular weight excluding hydrogens is 1440 g/mol. The molecule has 10 heterocycles. The van der Waals surface area contributed by atoms with Gasteiger partial charge in [-0.2, -0.15) is 13.2 Å². The molecule has 102 heavy (non-hydrogen) atoms. The van der Waals surface area contributed by atoms with E-state index in [1.807, 2.05) is 58.7 Å². The summed E-state index contributed by atoms with van der Waals surface area (Å²) >= 11 is 23.6. The number of amides is 3. The Hall–Kier alpha value is -7.16. The van der Waals surface area contributed by atoms with E-state index in [0.717, 1.165) is 162 Å². The summed E-state index contributed by atoms with van der Waals surface area (Å²) in [6.45, 7) is 11.6. The van der Waals surface area contributed by atoms with Crippen LogP contribution in [-0.4, -0.2) is 161 Å². The van der Waals surface area contributed by atoms with Gasteiger partial charge in [0.25, 0.3) is 0 Å². The highest BCUT2D eigenvalue weighted by Gasteiger charge is 2.34. The minimum Gasteiger partial charge on any atom is -0.361 e. The molecular formula is C74H83Cl4F5N10O7S2. The maximum atomic E-state index is 13.7. The molecule has 5 aromatic carbocycles. The highest BCUT2D eigenvalue weighted by Crippen LogP contribution is 2.41. The molecule has 5 fully saturated rings. The number of benzene rings is 5. The summed E-state index contributed by atoms with van der Waals surface area (Å²) in [6, 6.07) is 21.8. The number of likely N-dealkylation sites (tertiary alicyclic amines) is 3. The van der Waals surface area contributed by atoms with E-state index in [0.29, 0.717) is 62.4 Å². The smallest absolute Gasteiger partial charge is 0.361 e. The van der Waals surface area contributed by atoms with Gasteiger partial charge in [-0.15, -0.1) is 0 Å². The van der Waals surface area contributed by atoms with Crippen LogP contribution in [0.4, 0.5) is 22.0 Å². The lowest BCUT2D eigenvalue weighted by Crippen LogP contribution is -2.37. The molecule has 0 aliphatic carbocycles. The second-order valence-electron chi connectivity index (χ2n) is 27.2. The van der Waals surface area contributed by atoms with E-state index in [2.05, 4.69) is 37.2 Å². The van der Waals surface area contributed by atoms with E-state index < -0.39 is 37.6 Å². The Labute approximate surface area is 609 Å². The molecule has 10 aromatic rings. The molecule has 5 aliphatic heterocycles. The first kappa shape index (κ1) is 76.0. The normalized spacial score (nSPS) is 17.6. The zero-order valence-corrected chi connectivity index (χ0v) is 61.9. The summed E-state index contributed by atoms with van der Waals surface area (Å²) in [7, 11) is -6.18. The van der Waals surface area contributed by atoms with Gasteiger partial charge in [0, 0.05) is 182 Å². The van der Waals surface area contributed by atoms with Crippen LogP contribution >= 0.6 is 46.4 Å². The Kier molecular flexibility index (Phi) is 23.9. The van der Waals surface area contributed by atoms with Gasteiger partial charge < -0.3 is 39.6 Å². The van der Waals surface area contributed by atoms with Crippen LogP contribution in [0.1, 0.15) is 148 Å². The highest BCUT2D eigenvalue weighted by atomic mass is 35.5. The number of sulfonamides is 2. The number of carbonyl (C=O) groups is 3. The molecule has 17 nitrogen and oxygen atoms in total. The maximum absolute atomic E-state index is 13.7. The van der Waals surface area contributed by atoms with Gasteiger partial charge in [0.05, 0.1) is 28.1 Å². The minimum absolute atomic E-state index is 0.0525. The first-order chi connectivity index (χ1) is 48.4. The average molecular weight is 1530 g/mol. The molecule has 0 saturated carbocycles. The van der Waals surface area contributed by atoms with Crippen molar-refractivity contribution in [2.24, 2.45) is 0 Å². The number of carbonyl (C=O) groups excluding carboxylic acids is 3. The first-order valence-electron chi connectivity index (χ1n) is 34.2. The van der Waals surface area contributed by atoms with Gasteiger partial charge in [-0.3, -0.25) is 14.4 Å². The van der Waals surface area contributed by atoms with Crippen LogP contribution < -0.4 is 0 Å². The second kappa shape index (κ2) is 32.1. The number of alkyl halides is 3. The first-order valence-corrected chi connectivity index (χ1v) is 39.4. The molecule has 28 heteroatoms.